The van der Waals surface area contributed by atoms with Gasteiger partial charge in [-0.3, -0.25) is 0 Å². The molecule has 0 fully saturated rings. The maximum atomic E-state index is 11.8. The number of rotatable bonds is 5. The topological polar surface area (TPSA) is 67.8 Å². The second-order valence-corrected chi connectivity index (χ2v) is 7.58. The summed E-state index contributed by atoms with van der Waals surface area (Å²) in [6.07, 6.45) is 1.05. The zero-order valence-electron chi connectivity index (χ0n) is 14.4. The summed E-state index contributed by atoms with van der Waals surface area (Å²) in [5.41, 5.74) is 0.206. The molecule has 2 rings (SSSR count). The Bertz CT molecular complexity index is 527. The highest BCUT2D eigenvalue weighted by molar-refractivity contribution is 5.67. The smallest absolute Gasteiger partial charge is 0.407 e. The normalized spacial score (nSPS) is 19.4. The van der Waals surface area contributed by atoms with E-state index >= 15 is 0 Å². The van der Waals surface area contributed by atoms with Gasteiger partial charge >= 0.3 is 6.09 Å². The summed E-state index contributed by atoms with van der Waals surface area (Å²) in [6.45, 7) is 7.72. The zero-order valence-corrected chi connectivity index (χ0v) is 14.4. The first kappa shape index (κ1) is 17.6. The Morgan fingerprint density at radius 1 is 1.35 bits per heavy atom. The summed E-state index contributed by atoms with van der Waals surface area (Å²) in [7, 11) is 0. The molecule has 2 unspecified atom stereocenters. The van der Waals surface area contributed by atoms with Crippen LogP contribution in [0, 0.1) is 5.41 Å². The number of nitrogens with one attached hydrogen (secondary N) is 1. The molecule has 0 bridgehead atoms. The molecular formula is C18H27NO4. The molecule has 128 valence electrons. The minimum Gasteiger partial charge on any atom is -0.490 e. The Hall–Kier alpha value is -1.75. The van der Waals surface area contributed by atoms with Gasteiger partial charge in [-0.1, -0.05) is 25.1 Å². The molecule has 0 saturated carbocycles. The van der Waals surface area contributed by atoms with Crippen LogP contribution in [0.2, 0.25) is 0 Å². The van der Waals surface area contributed by atoms with Gasteiger partial charge in [-0.2, -0.15) is 0 Å². The molecule has 0 aliphatic carbocycles. The Morgan fingerprint density at radius 2 is 2.04 bits per heavy atom. The first-order valence-electron chi connectivity index (χ1n) is 8.03. The Balaban J connectivity index is 1.88. The summed E-state index contributed by atoms with van der Waals surface area (Å²) in [5.74, 6) is 0.915. The van der Waals surface area contributed by atoms with Crippen LogP contribution in [-0.4, -0.2) is 36.1 Å². The van der Waals surface area contributed by atoms with Gasteiger partial charge in [0.15, 0.2) is 0 Å². The van der Waals surface area contributed by atoms with Crippen molar-refractivity contribution in [1.29, 1.82) is 0 Å². The average molecular weight is 321 g/mol. The number of hydrogen-bond acceptors (Lipinski definition) is 4. The fraction of sp³-hybridized carbons (Fsp3) is 0.611. The van der Waals surface area contributed by atoms with E-state index in [1.807, 2.05) is 45.9 Å². The maximum absolute atomic E-state index is 11.8. The van der Waals surface area contributed by atoms with Crippen LogP contribution in [0.3, 0.4) is 0 Å². The highest BCUT2D eigenvalue weighted by atomic mass is 16.6. The number of hydrogen-bond donors (Lipinski definition) is 2. The number of benzene rings is 1. The second kappa shape index (κ2) is 6.79. The lowest BCUT2D eigenvalue weighted by Crippen LogP contribution is -2.42. The van der Waals surface area contributed by atoms with E-state index in [-0.39, 0.29) is 12.7 Å². The number of aliphatic hydroxyl groups is 1. The second-order valence-electron chi connectivity index (χ2n) is 7.58. The summed E-state index contributed by atoms with van der Waals surface area (Å²) >= 11 is 0. The van der Waals surface area contributed by atoms with E-state index in [9.17, 15) is 9.90 Å². The van der Waals surface area contributed by atoms with Crippen molar-refractivity contribution >= 4 is 6.09 Å². The monoisotopic (exact) mass is 321 g/mol. The number of amides is 1. The van der Waals surface area contributed by atoms with Crippen molar-refractivity contribution in [3.8, 4) is 5.75 Å². The summed E-state index contributed by atoms with van der Waals surface area (Å²) in [4.78, 5) is 11.8. The van der Waals surface area contributed by atoms with Gasteiger partial charge in [0.05, 0.1) is 6.61 Å². The van der Waals surface area contributed by atoms with Crippen LogP contribution in [0.1, 0.15) is 39.7 Å². The summed E-state index contributed by atoms with van der Waals surface area (Å²) < 4.78 is 11.2. The van der Waals surface area contributed by atoms with E-state index in [1.54, 1.807) is 0 Å². The van der Waals surface area contributed by atoms with Crippen LogP contribution in [0.5, 0.6) is 5.75 Å². The van der Waals surface area contributed by atoms with Gasteiger partial charge in [-0.25, -0.2) is 4.79 Å². The quantitative estimate of drug-likeness (QED) is 0.875. The molecule has 0 aromatic heterocycles. The lowest BCUT2D eigenvalue weighted by atomic mass is 9.84. The molecule has 23 heavy (non-hydrogen) atoms. The minimum atomic E-state index is -0.532. The number of para-hydroxylation sites is 1. The van der Waals surface area contributed by atoms with Crippen LogP contribution in [-0.2, 0) is 11.2 Å². The van der Waals surface area contributed by atoms with Gasteiger partial charge in [0.1, 0.15) is 17.5 Å². The van der Waals surface area contributed by atoms with E-state index in [0.29, 0.717) is 13.0 Å². The van der Waals surface area contributed by atoms with Crippen LogP contribution in [0.15, 0.2) is 24.3 Å². The van der Waals surface area contributed by atoms with Crippen LogP contribution < -0.4 is 10.1 Å². The highest BCUT2D eigenvalue weighted by Crippen LogP contribution is 2.34. The van der Waals surface area contributed by atoms with E-state index in [0.717, 1.165) is 12.2 Å². The Morgan fingerprint density at radius 3 is 2.65 bits per heavy atom. The van der Waals surface area contributed by atoms with Crippen molar-refractivity contribution in [3.63, 3.8) is 0 Å². The first-order chi connectivity index (χ1) is 10.7. The number of carbonyl (C=O) groups excluding carboxylic acids is 1. The predicted molar refractivity (Wildman–Crippen MR) is 88.6 cm³/mol. The predicted octanol–water partition coefficient (Wildman–Crippen LogP) is 2.90. The molecule has 0 spiro atoms. The molecule has 1 aromatic carbocycles. The number of alkyl carbamates (subject to hydrolysis) is 1. The van der Waals surface area contributed by atoms with Gasteiger partial charge in [-0.05, 0) is 38.8 Å². The lowest BCUT2D eigenvalue weighted by molar-refractivity contribution is 0.0427. The zero-order chi connectivity index (χ0) is 17.1. The molecule has 0 saturated heterocycles. The molecule has 1 aliphatic heterocycles. The van der Waals surface area contributed by atoms with E-state index in [2.05, 4.69) is 11.4 Å². The van der Waals surface area contributed by atoms with E-state index in [1.165, 1.54) is 5.56 Å². The molecular weight excluding hydrogens is 294 g/mol. The largest absolute Gasteiger partial charge is 0.490 e. The molecule has 1 amide bonds. The molecule has 1 aliphatic rings. The Kier molecular flexibility index (Phi) is 5.19. The SMILES string of the molecule is CC(CO)(CNC(=O)OC(C)(C)C)CC1Cc2ccccc2O1. The average Bonchev–Trinajstić information content (AvgIpc) is 2.85. The van der Waals surface area contributed by atoms with E-state index in [4.69, 9.17) is 9.47 Å². The summed E-state index contributed by atoms with van der Waals surface area (Å²) in [5, 5.41) is 12.5. The number of fused-ring (bicyclic) bond motifs is 1. The van der Waals surface area contributed by atoms with Crippen molar-refractivity contribution in [2.75, 3.05) is 13.2 Å². The van der Waals surface area contributed by atoms with Gasteiger partial charge in [-0.15, -0.1) is 0 Å². The van der Waals surface area contributed by atoms with Crippen LogP contribution >= 0.6 is 0 Å². The van der Waals surface area contributed by atoms with Gasteiger partial charge in [0.2, 0.25) is 0 Å². The molecule has 1 heterocycles. The Labute approximate surface area is 138 Å². The lowest BCUT2D eigenvalue weighted by Gasteiger charge is -2.30. The molecule has 5 nitrogen and oxygen atoms in total. The molecule has 5 heteroatoms. The maximum Gasteiger partial charge on any atom is 0.407 e. The van der Waals surface area contributed by atoms with Crippen LogP contribution in [0.25, 0.3) is 0 Å². The molecule has 1 aromatic rings. The number of ether oxygens (including phenoxy) is 2. The molecule has 2 N–H and O–H groups in total. The van der Waals surface area contributed by atoms with Crippen molar-refractivity contribution in [3.05, 3.63) is 29.8 Å². The van der Waals surface area contributed by atoms with E-state index < -0.39 is 17.1 Å². The standard InChI is InChI=1S/C18H27NO4/c1-17(2,3)23-16(21)19-11-18(4,12-20)10-14-9-13-7-5-6-8-15(13)22-14/h5-8,14,20H,9-12H2,1-4H3,(H,19,21). The van der Waals surface area contributed by atoms with Crippen molar-refractivity contribution in [2.45, 2.75) is 52.2 Å². The van der Waals surface area contributed by atoms with Gasteiger partial charge in [0.25, 0.3) is 0 Å². The third-order valence-corrected chi connectivity index (χ3v) is 3.87. The number of aliphatic hydroxyl groups excluding tert-OH is 1. The molecule has 2 atom stereocenters. The van der Waals surface area contributed by atoms with Crippen molar-refractivity contribution in [2.24, 2.45) is 5.41 Å². The third kappa shape index (κ3) is 5.13. The van der Waals surface area contributed by atoms with Gasteiger partial charge in [0, 0.05) is 18.4 Å². The highest BCUT2D eigenvalue weighted by Gasteiger charge is 2.33. The van der Waals surface area contributed by atoms with Gasteiger partial charge < -0.3 is 19.9 Å². The fourth-order valence-corrected chi connectivity index (χ4v) is 2.71. The fourth-order valence-electron chi connectivity index (χ4n) is 2.71. The minimum absolute atomic E-state index is 0.0185. The first-order valence-corrected chi connectivity index (χ1v) is 8.03. The van der Waals surface area contributed by atoms with Crippen molar-refractivity contribution in [1.82, 2.24) is 5.32 Å². The number of carbonyl (C=O) groups is 1. The van der Waals surface area contributed by atoms with Crippen LogP contribution in [0.4, 0.5) is 4.79 Å². The third-order valence-electron chi connectivity index (χ3n) is 3.87. The molecule has 0 radical (unpaired) electrons. The van der Waals surface area contributed by atoms with Crippen molar-refractivity contribution < 1.29 is 19.4 Å². The summed E-state index contributed by atoms with van der Waals surface area (Å²) in [6, 6.07) is 7.98.